The van der Waals surface area contributed by atoms with Crippen molar-refractivity contribution in [2.45, 2.75) is 131 Å². The van der Waals surface area contributed by atoms with Crippen LogP contribution in [0.25, 0.3) is 0 Å². The van der Waals surface area contributed by atoms with Crippen LogP contribution in [0.1, 0.15) is 108 Å². The molecular formula is C20H44O3Si. The van der Waals surface area contributed by atoms with Gasteiger partial charge in [0.2, 0.25) is 0 Å². The molecule has 0 amide bonds. The summed E-state index contributed by atoms with van der Waals surface area (Å²) in [6, 6.07) is 0.894. The van der Waals surface area contributed by atoms with Crippen LogP contribution in [-0.2, 0) is 13.3 Å². The van der Waals surface area contributed by atoms with Gasteiger partial charge in [-0.05, 0) is 68.7 Å². The molecule has 0 aliphatic rings. The minimum atomic E-state index is -2.77. The minimum absolute atomic E-state index is 0.273. The Kier molecular flexibility index (Phi) is 9.74. The van der Waals surface area contributed by atoms with Gasteiger partial charge in [-0.15, -0.1) is 0 Å². The van der Waals surface area contributed by atoms with E-state index < -0.39 is 8.80 Å². The Balaban J connectivity index is 5.10. The van der Waals surface area contributed by atoms with Gasteiger partial charge < -0.3 is 13.3 Å². The smallest absolute Gasteiger partial charge is 0.368 e. The van der Waals surface area contributed by atoms with Crippen molar-refractivity contribution >= 4 is 8.80 Å². The fraction of sp³-hybridized carbons (Fsp3) is 1.00. The topological polar surface area (TPSA) is 27.7 Å². The van der Waals surface area contributed by atoms with E-state index in [-0.39, 0.29) is 16.8 Å². The summed E-state index contributed by atoms with van der Waals surface area (Å²) in [5, 5.41) is 0. The molecule has 146 valence electrons. The lowest BCUT2D eigenvalue weighted by atomic mass is 10.1. The van der Waals surface area contributed by atoms with Crippen LogP contribution >= 0.6 is 0 Å². The van der Waals surface area contributed by atoms with Crippen LogP contribution in [0.5, 0.6) is 0 Å². The highest BCUT2D eigenvalue weighted by Gasteiger charge is 2.49. The van der Waals surface area contributed by atoms with Gasteiger partial charge in [0.15, 0.2) is 0 Å². The number of unbranched alkanes of at least 4 members (excludes halogenated alkanes) is 5. The van der Waals surface area contributed by atoms with E-state index in [0.717, 1.165) is 12.5 Å². The molecule has 0 fully saturated rings. The van der Waals surface area contributed by atoms with E-state index in [4.69, 9.17) is 13.3 Å². The van der Waals surface area contributed by atoms with Gasteiger partial charge in [0.25, 0.3) is 0 Å². The number of hydrogen-bond donors (Lipinski definition) is 0. The van der Waals surface area contributed by atoms with Crippen LogP contribution in [0.4, 0.5) is 0 Å². The third-order valence-corrected chi connectivity index (χ3v) is 6.96. The molecule has 0 bridgehead atoms. The van der Waals surface area contributed by atoms with Crippen LogP contribution in [0.3, 0.4) is 0 Å². The molecule has 0 unspecified atom stereocenters. The average Bonchev–Trinajstić information content (AvgIpc) is 2.26. The molecule has 0 aromatic carbocycles. The van der Waals surface area contributed by atoms with Gasteiger partial charge in [-0.3, -0.25) is 0 Å². The van der Waals surface area contributed by atoms with Crippen molar-refractivity contribution in [1.82, 2.24) is 0 Å². The standard InChI is InChI=1S/C20H44O3Si/c1-11-12-13-14-15-16-17-24(21-18(2,3)4,22-19(5,6)7)23-20(8,9)10/h11-17H2,1-10H3. The highest BCUT2D eigenvalue weighted by molar-refractivity contribution is 6.61. The quantitative estimate of drug-likeness (QED) is 0.319. The molecule has 0 radical (unpaired) electrons. The lowest BCUT2D eigenvalue weighted by Gasteiger charge is -2.43. The molecule has 0 heterocycles. The molecule has 0 aromatic rings. The Morgan fingerprint density at radius 2 is 0.875 bits per heavy atom. The van der Waals surface area contributed by atoms with Crippen LogP contribution in [-0.4, -0.2) is 25.6 Å². The molecule has 0 spiro atoms. The molecule has 4 heteroatoms. The van der Waals surface area contributed by atoms with E-state index in [1.54, 1.807) is 0 Å². The van der Waals surface area contributed by atoms with Crippen molar-refractivity contribution in [2.24, 2.45) is 0 Å². The Labute approximate surface area is 153 Å². The third kappa shape index (κ3) is 13.4. The van der Waals surface area contributed by atoms with Gasteiger partial charge in [0.1, 0.15) is 0 Å². The van der Waals surface area contributed by atoms with Crippen molar-refractivity contribution in [3.63, 3.8) is 0 Å². The average molecular weight is 361 g/mol. The molecule has 0 saturated heterocycles. The third-order valence-electron chi connectivity index (χ3n) is 3.22. The van der Waals surface area contributed by atoms with Crippen molar-refractivity contribution in [3.05, 3.63) is 0 Å². The van der Waals surface area contributed by atoms with Crippen molar-refractivity contribution in [1.29, 1.82) is 0 Å². The second-order valence-corrected chi connectivity index (χ2v) is 12.3. The second-order valence-electron chi connectivity index (χ2n) is 9.84. The molecule has 0 aliphatic heterocycles. The fourth-order valence-corrected chi connectivity index (χ4v) is 6.65. The molecule has 0 atom stereocenters. The zero-order valence-electron chi connectivity index (χ0n) is 18.2. The van der Waals surface area contributed by atoms with Gasteiger partial charge in [0.05, 0.1) is 16.8 Å². The van der Waals surface area contributed by atoms with Crippen molar-refractivity contribution in [2.75, 3.05) is 0 Å². The number of rotatable bonds is 10. The zero-order chi connectivity index (χ0) is 19.1. The van der Waals surface area contributed by atoms with Gasteiger partial charge in [-0.25, -0.2) is 0 Å². The largest absolute Gasteiger partial charge is 0.502 e. The maximum Gasteiger partial charge on any atom is 0.502 e. The molecule has 0 aliphatic carbocycles. The van der Waals surface area contributed by atoms with Crippen LogP contribution in [0, 0.1) is 0 Å². The summed E-state index contributed by atoms with van der Waals surface area (Å²) in [6.45, 7) is 21.1. The normalized spacial score (nSPS) is 14.2. The summed E-state index contributed by atoms with van der Waals surface area (Å²) in [7, 11) is -2.77. The van der Waals surface area contributed by atoms with Crippen LogP contribution < -0.4 is 0 Å². The molecule has 24 heavy (non-hydrogen) atoms. The van der Waals surface area contributed by atoms with Gasteiger partial charge in [-0.2, -0.15) is 0 Å². The van der Waals surface area contributed by atoms with E-state index >= 15 is 0 Å². The summed E-state index contributed by atoms with van der Waals surface area (Å²) < 4.78 is 19.5. The SMILES string of the molecule is CCCCCCCC[Si](OC(C)(C)C)(OC(C)(C)C)OC(C)(C)C. The summed E-state index contributed by atoms with van der Waals surface area (Å²) in [6.07, 6.45) is 7.57. The van der Waals surface area contributed by atoms with E-state index in [9.17, 15) is 0 Å². The Bertz CT molecular complexity index is 293. The first-order valence-electron chi connectivity index (χ1n) is 9.79. The predicted molar refractivity (Wildman–Crippen MR) is 106 cm³/mol. The number of hydrogen-bond acceptors (Lipinski definition) is 3. The van der Waals surface area contributed by atoms with E-state index in [1.165, 1.54) is 32.1 Å². The first-order chi connectivity index (χ1) is 10.7. The Morgan fingerprint density at radius 1 is 0.542 bits per heavy atom. The molecule has 3 nitrogen and oxygen atoms in total. The molecular weight excluding hydrogens is 316 g/mol. The first kappa shape index (κ1) is 24.1. The highest BCUT2D eigenvalue weighted by atomic mass is 28.4. The van der Waals surface area contributed by atoms with Gasteiger partial charge in [0, 0.05) is 6.04 Å². The first-order valence-corrected chi connectivity index (χ1v) is 11.7. The fourth-order valence-electron chi connectivity index (χ4n) is 2.74. The molecule has 0 N–H and O–H groups in total. The monoisotopic (exact) mass is 360 g/mol. The maximum absolute atomic E-state index is 6.50. The predicted octanol–water partition coefficient (Wildman–Crippen LogP) is 6.73. The minimum Gasteiger partial charge on any atom is -0.368 e. The Morgan fingerprint density at radius 3 is 1.21 bits per heavy atom. The lowest BCUT2D eigenvalue weighted by molar-refractivity contribution is -0.0755. The maximum atomic E-state index is 6.50. The zero-order valence-corrected chi connectivity index (χ0v) is 19.2. The summed E-state index contributed by atoms with van der Waals surface area (Å²) in [4.78, 5) is 0. The van der Waals surface area contributed by atoms with E-state index in [0.29, 0.717) is 0 Å². The lowest BCUT2D eigenvalue weighted by Crippen LogP contribution is -2.57. The van der Waals surface area contributed by atoms with Crippen LogP contribution in [0.2, 0.25) is 6.04 Å². The summed E-state index contributed by atoms with van der Waals surface area (Å²) in [5.41, 5.74) is -0.819. The molecule has 0 aromatic heterocycles. The van der Waals surface area contributed by atoms with E-state index in [1.807, 2.05) is 0 Å². The van der Waals surface area contributed by atoms with Crippen LogP contribution in [0.15, 0.2) is 0 Å². The molecule has 0 rings (SSSR count). The van der Waals surface area contributed by atoms with E-state index in [2.05, 4.69) is 69.2 Å². The van der Waals surface area contributed by atoms with Crippen molar-refractivity contribution < 1.29 is 13.3 Å². The van der Waals surface area contributed by atoms with Crippen molar-refractivity contribution in [3.8, 4) is 0 Å². The van der Waals surface area contributed by atoms with Gasteiger partial charge in [-0.1, -0.05) is 39.0 Å². The summed E-state index contributed by atoms with van der Waals surface area (Å²) >= 11 is 0. The van der Waals surface area contributed by atoms with Gasteiger partial charge >= 0.3 is 8.80 Å². The second kappa shape index (κ2) is 9.70. The Hall–Kier alpha value is 0.0969. The molecule has 0 saturated carbocycles. The summed E-state index contributed by atoms with van der Waals surface area (Å²) in [5.74, 6) is 0. The highest BCUT2D eigenvalue weighted by Crippen LogP contribution is 2.33.